The van der Waals surface area contributed by atoms with Gasteiger partial charge < -0.3 is 153 Å². The lowest BCUT2D eigenvalue weighted by Gasteiger charge is -2.32. The Kier molecular flexibility index (Phi) is 52.1. The first-order chi connectivity index (χ1) is 67.1. The Morgan fingerprint density at radius 3 is 1.27 bits per heavy atom. The number of rotatable bonds is 62. The number of carboxylic acids is 1. The van der Waals surface area contributed by atoms with Crippen LogP contribution in [0.4, 0.5) is 0 Å². The number of likely N-dealkylation sites (tertiary alicyclic amines) is 1. The van der Waals surface area contributed by atoms with Gasteiger partial charge in [-0.2, -0.15) is 0 Å². The van der Waals surface area contributed by atoms with Crippen molar-refractivity contribution >= 4 is 147 Å². The number of carboxylic acid groups (broad SMARTS) is 1. The largest absolute Gasteiger partial charge is 0.480 e. The van der Waals surface area contributed by atoms with E-state index in [0.717, 1.165) is 0 Å². The molecule has 14 atom stereocenters. The molecule has 0 aliphatic carbocycles. The Bertz CT molecular complexity index is 4860. The number of para-hydroxylation sites is 1. The van der Waals surface area contributed by atoms with Gasteiger partial charge in [0.2, 0.25) is 124 Å². The van der Waals surface area contributed by atoms with Crippen molar-refractivity contribution in [2.24, 2.45) is 41.1 Å². The molecule has 21 amide bonds. The summed E-state index contributed by atoms with van der Waals surface area (Å²) in [6, 6.07) is -2.35. The molecular formula is C90H140N26O26. The maximum atomic E-state index is 14.2. The highest BCUT2D eigenvalue weighted by Crippen LogP contribution is 2.23. The van der Waals surface area contributed by atoms with Crippen molar-refractivity contribution in [2.75, 3.05) is 91.8 Å². The SMILES string of the molecule is CC[C@H](C)[C@H](NC(=O)[C@@H]1CCCN1C(=O)[C@@H](NC(=O)[C@@H](N)CO)C(C)C)C(=O)NCC(=O)N[C@@H](C)C(=O)NCC(=O)NCC(=O)N[C@@H](CO)C(=O)N[C@@H](CC(C)C)C(=O)NCC(=O)N[C@@H](CC(C)C)C(=O)NCC(=O)NCC(=O)N[C@@H](Cc1ccccc1)C(=O)NCC(=O)N[C@@H](Cc1c[nH]c2ccccc12)C(=O)N[C@@H](CO)C(=O)NCC(=O)N[C@@H](CC(C)C)C(=O)NCC(=O)N[C@@H](CCCNC(=N)N)C(=O)O. The van der Waals surface area contributed by atoms with Crippen molar-refractivity contribution in [3.05, 3.63) is 71.9 Å². The number of carbonyl (C=O) groups excluding carboxylic acids is 21. The van der Waals surface area contributed by atoms with Gasteiger partial charge in [-0.3, -0.25) is 106 Å². The molecule has 4 rings (SSSR count). The summed E-state index contributed by atoms with van der Waals surface area (Å²) in [5.41, 5.74) is 12.6. The number of benzene rings is 2. The van der Waals surface area contributed by atoms with E-state index in [1.54, 1.807) is 130 Å². The Balaban J connectivity index is 1.27. The second kappa shape index (κ2) is 61.8. The minimum absolute atomic E-state index is 0.00153. The van der Waals surface area contributed by atoms with Crippen molar-refractivity contribution in [1.29, 1.82) is 5.41 Å². The van der Waals surface area contributed by atoms with Crippen LogP contribution in [0.1, 0.15) is 139 Å². The summed E-state index contributed by atoms with van der Waals surface area (Å²) in [5, 5.41) is 97.8. The predicted octanol–water partition coefficient (Wildman–Crippen LogP) is -10.2. The van der Waals surface area contributed by atoms with E-state index in [0.29, 0.717) is 34.9 Å². The Morgan fingerprint density at radius 2 is 0.810 bits per heavy atom. The first kappa shape index (κ1) is 120. The van der Waals surface area contributed by atoms with Gasteiger partial charge in [0.15, 0.2) is 5.96 Å². The molecule has 1 saturated heterocycles. The molecular weight excluding hydrogens is 1860 g/mol. The number of aromatic nitrogens is 1. The fraction of sp³-hybridized carbons (Fsp3) is 0.589. The van der Waals surface area contributed by atoms with Gasteiger partial charge in [-0.05, 0) is 98.7 Å². The number of nitrogens with one attached hydrogen (secondary N) is 23. The molecule has 52 nitrogen and oxygen atoms in total. The summed E-state index contributed by atoms with van der Waals surface area (Å²) in [7, 11) is 0. The van der Waals surface area contributed by atoms with Gasteiger partial charge in [0.1, 0.15) is 78.5 Å². The molecule has 0 spiro atoms. The van der Waals surface area contributed by atoms with Crippen LogP contribution in [0.5, 0.6) is 0 Å². The molecule has 0 bridgehead atoms. The van der Waals surface area contributed by atoms with E-state index in [1.165, 1.54) is 11.8 Å². The number of fused-ring (bicyclic) bond motifs is 1. The van der Waals surface area contributed by atoms with Crippen LogP contribution in [0.3, 0.4) is 0 Å². The standard InChI is InChI=1S/C90H140N26O26/c1-12-50(10)76(115-86(138)65-25-19-27-116(65)88(140)75(49(8)9)114-78(130)55(91)43-117)87(139)104-38-68(122)105-51(11)77(129)98-34-66(120)97-37-70(124)111-64(45-119)85(137)112-60(30-48(6)7)81(133)101-40-72(126)107-58(28-46(2)3)79(131)99-35-67(121)96-36-69(123)109-61(31-52-20-14-13-15-21-52)82(134)102-41-74(128)110-62(32-53-33-95-56-23-17-16-22-54(53)56)84(136)113-63(44-118)83(135)103-42-73(127)108-59(29-47(4)5)80(132)100-39-71(125)106-57(89(141)142)24-18-26-94-90(92)93/h13-17,20-23,33,46-51,55,57-65,75-76,95,117-119H,12,18-19,24-32,34-45,91H2,1-11H3,(H,96,121)(H,97,120)(H,98,129)(H,99,131)(H,100,132)(H,101,133)(H,102,134)(H,103,135)(H,104,139)(H,105,122)(H,106,125)(H,107,126)(H,108,127)(H,109,123)(H,110,128)(H,111,124)(H,112,137)(H,113,136)(H,114,130)(H,115,138)(H,141,142)(H4,92,93,94)/t50-,51-,55-,57-,58-,59-,60-,61-,62-,63-,64-,65-,75-,76-/m0/s1. The number of H-pyrrole nitrogens is 1. The Morgan fingerprint density at radius 1 is 0.415 bits per heavy atom. The molecule has 2 aromatic carbocycles. The molecule has 1 aliphatic rings. The monoisotopic (exact) mass is 2000 g/mol. The number of nitrogens with two attached hydrogens (primary N) is 2. The first-order valence-electron chi connectivity index (χ1n) is 46.6. The lowest BCUT2D eigenvalue weighted by molar-refractivity contribution is -0.143. The normalized spacial score (nSPS) is 14.9. The van der Waals surface area contributed by atoms with Gasteiger partial charge in [-0.15, -0.1) is 0 Å². The van der Waals surface area contributed by atoms with Crippen molar-refractivity contribution in [2.45, 2.75) is 219 Å². The first-order valence-corrected chi connectivity index (χ1v) is 46.6. The number of hydrogen-bond donors (Lipinski definition) is 29. The number of aliphatic carboxylic acids is 1. The van der Waals surface area contributed by atoms with Crippen LogP contribution in [0, 0.1) is 35.0 Å². The van der Waals surface area contributed by atoms with Crippen LogP contribution < -0.4 is 123 Å². The molecule has 786 valence electrons. The summed E-state index contributed by atoms with van der Waals surface area (Å²) in [6.07, 6.45) is 2.41. The van der Waals surface area contributed by atoms with Gasteiger partial charge >= 0.3 is 5.97 Å². The number of hydrogen-bond acceptors (Lipinski definition) is 27. The third-order valence-corrected chi connectivity index (χ3v) is 22.0. The number of nitrogens with zero attached hydrogens (tertiary/aromatic N) is 1. The van der Waals surface area contributed by atoms with E-state index < -0.39 is 299 Å². The zero-order valence-electron chi connectivity index (χ0n) is 81.5. The second-order valence-electron chi connectivity index (χ2n) is 35.6. The maximum Gasteiger partial charge on any atom is 0.326 e. The Labute approximate surface area is 820 Å². The molecule has 0 unspecified atom stereocenters. The zero-order valence-corrected chi connectivity index (χ0v) is 81.5. The van der Waals surface area contributed by atoms with Crippen LogP contribution in [-0.2, 0) is 118 Å². The smallest absolute Gasteiger partial charge is 0.326 e. The highest BCUT2D eigenvalue weighted by atomic mass is 16.4. The van der Waals surface area contributed by atoms with Crippen LogP contribution >= 0.6 is 0 Å². The van der Waals surface area contributed by atoms with E-state index in [2.05, 4.69) is 117 Å². The predicted molar refractivity (Wildman–Crippen MR) is 510 cm³/mol. The van der Waals surface area contributed by atoms with E-state index >= 15 is 0 Å². The third kappa shape index (κ3) is 43.4. The van der Waals surface area contributed by atoms with E-state index in [4.69, 9.17) is 16.9 Å². The fourth-order valence-electron chi connectivity index (χ4n) is 14.3. The molecule has 142 heavy (non-hydrogen) atoms. The van der Waals surface area contributed by atoms with E-state index in [-0.39, 0.29) is 88.2 Å². The van der Waals surface area contributed by atoms with E-state index in [9.17, 15) is 126 Å². The summed E-state index contributed by atoms with van der Waals surface area (Å²) < 4.78 is 0. The zero-order chi connectivity index (χ0) is 106. The van der Waals surface area contributed by atoms with Gasteiger partial charge in [0.05, 0.1) is 78.7 Å². The molecule has 52 heteroatoms. The third-order valence-electron chi connectivity index (χ3n) is 22.0. The van der Waals surface area contributed by atoms with E-state index in [1.807, 2.05) is 0 Å². The minimum Gasteiger partial charge on any atom is -0.480 e. The van der Waals surface area contributed by atoms with Gasteiger partial charge in [0, 0.05) is 43.0 Å². The van der Waals surface area contributed by atoms with Gasteiger partial charge in [0.25, 0.3) is 0 Å². The molecule has 2 heterocycles. The Hall–Kier alpha value is -14.6. The number of aliphatic hydroxyl groups is 3. The number of amides is 21. The topological polar surface area (TPSA) is 804 Å². The molecule has 1 fully saturated rings. The highest BCUT2D eigenvalue weighted by Gasteiger charge is 2.42. The number of aromatic amines is 1. The minimum atomic E-state index is -1.75. The lowest BCUT2D eigenvalue weighted by Crippen LogP contribution is -2.59. The second-order valence-corrected chi connectivity index (χ2v) is 35.6. The molecule has 1 aliphatic heterocycles. The number of guanidine groups is 1. The number of carbonyl (C=O) groups is 22. The van der Waals surface area contributed by atoms with Crippen molar-refractivity contribution in [3.63, 3.8) is 0 Å². The van der Waals surface area contributed by atoms with Gasteiger partial charge in [-0.1, -0.05) is 124 Å². The van der Waals surface area contributed by atoms with Crippen molar-refractivity contribution in [3.8, 4) is 0 Å². The lowest BCUT2D eigenvalue weighted by atomic mass is 9.97. The molecule has 3 aromatic rings. The summed E-state index contributed by atoms with van der Waals surface area (Å²) >= 11 is 0. The molecule has 1 aromatic heterocycles. The van der Waals surface area contributed by atoms with Gasteiger partial charge in [-0.25, -0.2) is 4.79 Å². The van der Waals surface area contributed by atoms with Crippen molar-refractivity contribution < 1.29 is 126 Å². The summed E-state index contributed by atoms with van der Waals surface area (Å²) in [4.78, 5) is 297. The van der Waals surface area contributed by atoms with Crippen LogP contribution in [0.2, 0.25) is 0 Å². The maximum absolute atomic E-state index is 14.2. The summed E-state index contributed by atoms with van der Waals surface area (Å²) in [6.45, 7) is 9.24. The average Bonchev–Trinajstić information content (AvgIpc) is 1.66. The highest BCUT2D eigenvalue weighted by molar-refractivity contribution is 6.01. The summed E-state index contributed by atoms with van der Waals surface area (Å²) in [5.74, 6) is -21.9. The number of aliphatic hydroxyl groups excluding tert-OH is 3. The fourth-order valence-corrected chi connectivity index (χ4v) is 14.3. The van der Waals surface area contributed by atoms with Crippen LogP contribution in [0.25, 0.3) is 10.9 Å². The molecule has 0 radical (unpaired) electrons. The quantitative estimate of drug-likeness (QED) is 0.0142. The van der Waals surface area contributed by atoms with Crippen LogP contribution in [0.15, 0.2) is 60.8 Å². The average molecular weight is 2000 g/mol. The van der Waals surface area contributed by atoms with Crippen LogP contribution in [-0.4, -0.2) is 337 Å². The van der Waals surface area contributed by atoms with Crippen molar-refractivity contribution in [1.82, 2.24) is 122 Å². The molecule has 0 saturated carbocycles. The molecule has 31 N–H and O–H groups in total.